The standard InChI is InChI=1S/C19H21N3O/c20-12-16-18(22-9-3-1-2-4-10-22)15-11-14(13-5-6-13)7-8-17(15)21-19(16)23/h7-8,11,13H,1-6,9-10H2,(H,21,23). The maximum Gasteiger partial charge on any atom is 0.268 e. The summed E-state index contributed by atoms with van der Waals surface area (Å²) < 4.78 is 0. The molecule has 0 radical (unpaired) electrons. The van der Waals surface area contributed by atoms with Gasteiger partial charge in [-0.2, -0.15) is 5.26 Å². The maximum absolute atomic E-state index is 12.3. The Labute approximate surface area is 135 Å². The molecule has 4 nitrogen and oxygen atoms in total. The van der Waals surface area contributed by atoms with Crippen molar-refractivity contribution in [2.45, 2.75) is 44.4 Å². The summed E-state index contributed by atoms with van der Waals surface area (Å²) in [6.07, 6.45) is 7.21. The topological polar surface area (TPSA) is 59.9 Å². The van der Waals surface area contributed by atoms with Gasteiger partial charge < -0.3 is 9.88 Å². The van der Waals surface area contributed by atoms with Gasteiger partial charge in [0.05, 0.1) is 11.2 Å². The normalized spacial score (nSPS) is 18.7. The van der Waals surface area contributed by atoms with Crippen molar-refractivity contribution in [3.05, 3.63) is 39.7 Å². The van der Waals surface area contributed by atoms with E-state index in [2.05, 4.69) is 28.1 Å². The van der Waals surface area contributed by atoms with Crippen LogP contribution in [0.3, 0.4) is 0 Å². The van der Waals surface area contributed by atoms with E-state index in [1.165, 1.54) is 31.2 Å². The van der Waals surface area contributed by atoms with Gasteiger partial charge in [-0.25, -0.2) is 0 Å². The van der Waals surface area contributed by atoms with Crippen LogP contribution in [-0.4, -0.2) is 18.1 Å². The molecule has 0 atom stereocenters. The molecule has 0 spiro atoms. The van der Waals surface area contributed by atoms with Gasteiger partial charge in [-0.05, 0) is 49.3 Å². The number of hydrogen-bond acceptors (Lipinski definition) is 3. The van der Waals surface area contributed by atoms with E-state index in [0.717, 1.165) is 42.5 Å². The van der Waals surface area contributed by atoms with E-state index in [-0.39, 0.29) is 11.1 Å². The van der Waals surface area contributed by atoms with E-state index in [1.807, 2.05) is 6.07 Å². The van der Waals surface area contributed by atoms with Crippen LogP contribution in [0.4, 0.5) is 5.69 Å². The number of H-pyrrole nitrogens is 1. The molecule has 1 N–H and O–H groups in total. The van der Waals surface area contributed by atoms with Crippen molar-refractivity contribution >= 4 is 16.6 Å². The Kier molecular flexibility index (Phi) is 3.57. The van der Waals surface area contributed by atoms with E-state index < -0.39 is 0 Å². The van der Waals surface area contributed by atoms with Crippen molar-refractivity contribution in [3.63, 3.8) is 0 Å². The van der Waals surface area contributed by atoms with Gasteiger partial charge in [0.25, 0.3) is 5.56 Å². The Bertz CT molecular complexity index is 834. The third-order valence-corrected chi connectivity index (χ3v) is 5.09. The van der Waals surface area contributed by atoms with Crippen LogP contribution in [0.2, 0.25) is 0 Å². The molecule has 1 aromatic heterocycles. The first-order valence-corrected chi connectivity index (χ1v) is 8.63. The second-order valence-corrected chi connectivity index (χ2v) is 6.77. The van der Waals surface area contributed by atoms with Crippen molar-refractivity contribution in [2.75, 3.05) is 18.0 Å². The minimum Gasteiger partial charge on any atom is -0.370 e. The third-order valence-electron chi connectivity index (χ3n) is 5.09. The molecule has 1 saturated heterocycles. The van der Waals surface area contributed by atoms with Crippen LogP contribution in [0.25, 0.3) is 10.9 Å². The molecule has 118 valence electrons. The van der Waals surface area contributed by atoms with Crippen LogP contribution in [0, 0.1) is 11.3 Å². The smallest absolute Gasteiger partial charge is 0.268 e. The summed E-state index contributed by atoms with van der Waals surface area (Å²) in [7, 11) is 0. The molecule has 23 heavy (non-hydrogen) atoms. The minimum atomic E-state index is -0.265. The van der Waals surface area contributed by atoms with E-state index in [4.69, 9.17) is 0 Å². The molecule has 1 aromatic carbocycles. The zero-order chi connectivity index (χ0) is 15.8. The summed E-state index contributed by atoms with van der Waals surface area (Å²) in [6.45, 7) is 1.86. The van der Waals surface area contributed by atoms with Gasteiger partial charge in [-0.1, -0.05) is 18.9 Å². The molecule has 1 aliphatic heterocycles. The lowest BCUT2D eigenvalue weighted by atomic mass is 10.0. The number of nitrogens with zero attached hydrogens (tertiary/aromatic N) is 2. The molecule has 4 heteroatoms. The average molecular weight is 307 g/mol. The highest BCUT2D eigenvalue weighted by atomic mass is 16.1. The molecule has 0 unspecified atom stereocenters. The highest BCUT2D eigenvalue weighted by molar-refractivity contribution is 5.95. The molecular formula is C19H21N3O. The number of pyridine rings is 1. The first kappa shape index (κ1) is 14.3. The van der Waals surface area contributed by atoms with Gasteiger partial charge in [0, 0.05) is 18.5 Å². The first-order chi connectivity index (χ1) is 11.3. The van der Waals surface area contributed by atoms with Crippen LogP contribution in [0.5, 0.6) is 0 Å². The van der Waals surface area contributed by atoms with Crippen molar-refractivity contribution in [3.8, 4) is 6.07 Å². The van der Waals surface area contributed by atoms with E-state index in [9.17, 15) is 10.1 Å². The number of aromatic amines is 1. The second-order valence-electron chi connectivity index (χ2n) is 6.77. The zero-order valence-corrected chi connectivity index (χ0v) is 13.3. The molecule has 2 heterocycles. The molecule has 0 bridgehead atoms. The molecule has 2 fully saturated rings. The lowest BCUT2D eigenvalue weighted by Gasteiger charge is -2.25. The Morgan fingerprint density at radius 3 is 2.52 bits per heavy atom. The summed E-state index contributed by atoms with van der Waals surface area (Å²) in [5.74, 6) is 0.661. The summed E-state index contributed by atoms with van der Waals surface area (Å²) in [5, 5.41) is 10.6. The number of anilines is 1. The SMILES string of the molecule is N#Cc1c(N2CCCCCC2)c2cc(C3CC3)ccc2[nH]c1=O. The lowest BCUT2D eigenvalue weighted by molar-refractivity contribution is 0.726. The molecule has 4 rings (SSSR count). The van der Waals surface area contributed by atoms with Crippen LogP contribution in [-0.2, 0) is 0 Å². The van der Waals surface area contributed by atoms with Crippen molar-refractivity contribution in [2.24, 2.45) is 0 Å². The highest BCUT2D eigenvalue weighted by Gasteiger charge is 2.25. The van der Waals surface area contributed by atoms with Crippen LogP contribution in [0.15, 0.2) is 23.0 Å². The van der Waals surface area contributed by atoms with Crippen molar-refractivity contribution < 1.29 is 0 Å². The Balaban J connectivity index is 1.94. The van der Waals surface area contributed by atoms with E-state index in [1.54, 1.807) is 0 Å². The first-order valence-electron chi connectivity index (χ1n) is 8.63. The monoisotopic (exact) mass is 307 g/mol. The fourth-order valence-electron chi connectivity index (χ4n) is 3.69. The fourth-order valence-corrected chi connectivity index (χ4v) is 3.69. The highest BCUT2D eigenvalue weighted by Crippen LogP contribution is 2.42. The van der Waals surface area contributed by atoms with Gasteiger partial charge in [0.1, 0.15) is 11.6 Å². The summed E-state index contributed by atoms with van der Waals surface area (Å²) >= 11 is 0. The number of fused-ring (bicyclic) bond motifs is 1. The molecule has 0 amide bonds. The number of hydrogen-bond donors (Lipinski definition) is 1. The Morgan fingerprint density at radius 2 is 1.87 bits per heavy atom. The summed E-state index contributed by atoms with van der Waals surface area (Å²) in [4.78, 5) is 17.5. The average Bonchev–Trinajstić information content (AvgIpc) is 3.40. The molecule has 2 aliphatic rings. The van der Waals surface area contributed by atoms with Crippen LogP contribution < -0.4 is 10.5 Å². The van der Waals surface area contributed by atoms with Gasteiger partial charge in [0.15, 0.2) is 0 Å². The predicted molar refractivity (Wildman–Crippen MR) is 91.9 cm³/mol. The summed E-state index contributed by atoms with van der Waals surface area (Å²) in [5.41, 5.74) is 3.04. The maximum atomic E-state index is 12.3. The Morgan fingerprint density at radius 1 is 1.13 bits per heavy atom. The molecule has 1 aliphatic carbocycles. The fraction of sp³-hybridized carbons (Fsp3) is 0.474. The van der Waals surface area contributed by atoms with Crippen molar-refractivity contribution in [1.82, 2.24) is 4.98 Å². The largest absolute Gasteiger partial charge is 0.370 e. The lowest BCUT2D eigenvalue weighted by Crippen LogP contribution is -2.28. The number of nitriles is 1. The second kappa shape index (κ2) is 5.73. The van der Waals surface area contributed by atoms with Gasteiger partial charge in [0.2, 0.25) is 0 Å². The minimum absolute atomic E-state index is 0.265. The summed E-state index contributed by atoms with van der Waals surface area (Å²) in [6, 6.07) is 8.48. The van der Waals surface area contributed by atoms with Crippen LogP contribution in [0.1, 0.15) is 55.6 Å². The molecule has 2 aromatic rings. The molecule has 1 saturated carbocycles. The van der Waals surface area contributed by atoms with E-state index >= 15 is 0 Å². The zero-order valence-electron chi connectivity index (χ0n) is 13.3. The van der Waals surface area contributed by atoms with Gasteiger partial charge in [-0.15, -0.1) is 0 Å². The van der Waals surface area contributed by atoms with E-state index in [0.29, 0.717) is 5.92 Å². The number of benzene rings is 1. The Hall–Kier alpha value is -2.28. The van der Waals surface area contributed by atoms with Gasteiger partial charge >= 0.3 is 0 Å². The predicted octanol–water partition coefficient (Wildman–Crippen LogP) is 3.66. The van der Waals surface area contributed by atoms with Gasteiger partial charge in [-0.3, -0.25) is 4.79 Å². The molecular weight excluding hydrogens is 286 g/mol. The quantitative estimate of drug-likeness (QED) is 0.921. The number of nitrogens with one attached hydrogen (secondary N) is 1. The number of rotatable bonds is 2. The van der Waals surface area contributed by atoms with Crippen molar-refractivity contribution in [1.29, 1.82) is 5.26 Å². The van der Waals surface area contributed by atoms with Crippen LogP contribution >= 0.6 is 0 Å². The third kappa shape index (κ3) is 2.61. The number of aromatic nitrogens is 1.